The molecule has 0 saturated carbocycles. The quantitative estimate of drug-likeness (QED) is 0.769. The van der Waals surface area contributed by atoms with Crippen molar-refractivity contribution in [2.45, 2.75) is 65.7 Å². The third kappa shape index (κ3) is 2.10. The van der Waals surface area contributed by atoms with Gasteiger partial charge in [0.15, 0.2) is 0 Å². The van der Waals surface area contributed by atoms with Crippen LogP contribution in [-0.4, -0.2) is 28.1 Å². The molecule has 2 heterocycles. The Labute approximate surface area is 110 Å². The van der Waals surface area contributed by atoms with Crippen molar-refractivity contribution in [3.05, 3.63) is 11.9 Å². The molecule has 0 bridgehead atoms. The maximum Gasteiger partial charge on any atom is 0.498 e. The predicted octanol–water partition coefficient (Wildman–Crippen LogP) is 1.90. The van der Waals surface area contributed by atoms with Gasteiger partial charge in [0.05, 0.1) is 11.2 Å². The van der Waals surface area contributed by atoms with Gasteiger partial charge in [-0.25, -0.2) is 0 Å². The van der Waals surface area contributed by atoms with Gasteiger partial charge < -0.3 is 9.31 Å². The Morgan fingerprint density at radius 1 is 1.22 bits per heavy atom. The molecule has 1 aromatic rings. The number of aryl methyl sites for hydroxylation is 1. The van der Waals surface area contributed by atoms with Crippen molar-refractivity contribution in [2.24, 2.45) is 0 Å². The molecule has 0 N–H and O–H groups in total. The van der Waals surface area contributed by atoms with Gasteiger partial charge in [-0.1, -0.05) is 6.92 Å². The van der Waals surface area contributed by atoms with Crippen LogP contribution in [0.4, 0.5) is 0 Å². The minimum atomic E-state index is -0.305. The molecule has 1 aliphatic rings. The van der Waals surface area contributed by atoms with Crippen LogP contribution >= 0.6 is 0 Å². The highest BCUT2D eigenvalue weighted by Crippen LogP contribution is 2.36. The first kappa shape index (κ1) is 13.6. The van der Waals surface area contributed by atoms with E-state index in [1.807, 2.05) is 10.9 Å². The van der Waals surface area contributed by atoms with E-state index in [1.54, 1.807) is 0 Å². The zero-order valence-corrected chi connectivity index (χ0v) is 12.3. The standard InChI is InChI=1S/C13H23BN2O2/c1-7-8-16-10(2)11(9-15-16)14-17-12(3,4)13(5,6)18-14/h9H,7-8H2,1-6H3. The highest BCUT2D eigenvalue weighted by atomic mass is 16.7. The van der Waals surface area contributed by atoms with Crippen LogP contribution in [0.15, 0.2) is 6.20 Å². The fraction of sp³-hybridized carbons (Fsp3) is 0.769. The smallest absolute Gasteiger partial charge is 0.399 e. The summed E-state index contributed by atoms with van der Waals surface area (Å²) >= 11 is 0. The lowest BCUT2D eigenvalue weighted by Gasteiger charge is -2.32. The van der Waals surface area contributed by atoms with Crippen LogP contribution in [0.2, 0.25) is 0 Å². The maximum absolute atomic E-state index is 6.05. The molecule has 1 fully saturated rings. The zero-order chi connectivity index (χ0) is 13.6. The molecule has 18 heavy (non-hydrogen) atoms. The van der Waals surface area contributed by atoms with Crippen molar-refractivity contribution < 1.29 is 9.31 Å². The number of hydrogen-bond acceptors (Lipinski definition) is 3. The maximum atomic E-state index is 6.05. The second-order valence-corrected chi connectivity index (χ2v) is 6.00. The molecular weight excluding hydrogens is 227 g/mol. The molecule has 1 aromatic heterocycles. The lowest BCUT2D eigenvalue weighted by molar-refractivity contribution is 0.00578. The van der Waals surface area contributed by atoms with E-state index in [4.69, 9.17) is 9.31 Å². The van der Waals surface area contributed by atoms with E-state index >= 15 is 0 Å². The first-order chi connectivity index (χ1) is 8.28. The fourth-order valence-electron chi connectivity index (χ4n) is 2.10. The van der Waals surface area contributed by atoms with Gasteiger partial charge in [-0.15, -0.1) is 0 Å². The van der Waals surface area contributed by atoms with Crippen LogP contribution in [0.25, 0.3) is 0 Å². The minimum Gasteiger partial charge on any atom is -0.399 e. The summed E-state index contributed by atoms with van der Waals surface area (Å²) in [5.74, 6) is 0. The van der Waals surface area contributed by atoms with E-state index in [0.29, 0.717) is 0 Å². The molecule has 0 radical (unpaired) electrons. The molecule has 0 spiro atoms. The van der Waals surface area contributed by atoms with Gasteiger partial charge in [-0.05, 0) is 41.0 Å². The molecule has 0 aliphatic carbocycles. The Hall–Kier alpha value is -0.805. The topological polar surface area (TPSA) is 36.3 Å². The van der Waals surface area contributed by atoms with Crippen molar-refractivity contribution in [2.75, 3.05) is 0 Å². The third-order valence-electron chi connectivity index (χ3n) is 4.08. The van der Waals surface area contributed by atoms with Crippen molar-refractivity contribution in [1.82, 2.24) is 9.78 Å². The van der Waals surface area contributed by atoms with Crippen LogP contribution in [0.3, 0.4) is 0 Å². The molecule has 4 nitrogen and oxygen atoms in total. The van der Waals surface area contributed by atoms with E-state index in [-0.39, 0.29) is 18.3 Å². The summed E-state index contributed by atoms with van der Waals surface area (Å²) in [5, 5.41) is 4.40. The average Bonchev–Trinajstić information content (AvgIpc) is 2.68. The van der Waals surface area contributed by atoms with Crippen molar-refractivity contribution in [3.8, 4) is 0 Å². The molecular formula is C13H23BN2O2. The molecule has 2 rings (SSSR count). The van der Waals surface area contributed by atoms with Gasteiger partial charge >= 0.3 is 7.12 Å². The van der Waals surface area contributed by atoms with Gasteiger partial charge in [-0.2, -0.15) is 5.10 Å². The van der Waals surface area contributed by atoms with Crippen LogP contribution < -0.4 is 5.46 Å². The minimum absolute atomic E-state index is 0.295. The largest absolute Gasteiger partial charge is 0.498 e. The number of aromatic nitrogens is 2. The number of rotatable bonds is 3. The molecule has 0 atom stereocenters. The highest BCUT2D eigenvalue weighted by molar-refractivity contribution is 6.62. The van der Waals surface area contributed by atoms with Crippen molar-refractivity contribution in [1.29, 1.82) is 0 Å². The van der Waals surface area contributed by atoms with Crippen molar-refractivity contribution >= 4 is 12.6 Å². The van der Waals surface area contributed by atoms with Gasteiger partial charge in [0.2, 0.25) is 0 Å². The average molecular weight is 250 g/mol. The Morgan fingerprint density at radius 2 is 1.78 bits per heavy atom. The van der Waals surface area contributed by atoms with E-state index in [2.05, 4.69) is 46.6 Å². The zero-order valence-electron chi connectivity index (χ0n) is 12.3. The summed E-state index contributed by atoms with van der Waals surface area (Å²) < 4.78 is 14.1. The molecule has 0 amide bonds. The molecule has 0 aromatic carbocycles. The van der Waals surface area contributed by atoms with Crippen molar-refractivity contribution in [3.63, 3.8) is 0 Å². The van der Waals surface area contributed by atoms with E-state index in [0.717, 1.165) is 24.1 Å². The van der Waals surface area contributed by atoms with E-state index < -0.39 is 0 Å². The SMILES string of the molecule is CCCn1ncc(B2OC(C)(C)C(C)(C)O2)c1C. The van der Waals surface area contributed by atoms with Gasteiger partial charge in [-0.3, -0.25) is 4.68 Å². The third-order valence-corrected chi connectivity index (χ3v) is 4.08. The predicted molar refractivity (Wildman–Crippen MR) is 73.0 cm³/mol. The molecule has 1 saturated heterocycles. The van der Waals surface area contributed by atoms with E-state index in [1.165, 1.54) is 0 Å². The lowest BCUT2D eigenvalue weighted by atomic mass is 9.79. The Balaban J connectivity index is 2.25. The van der Waals surface area contributed by atoms with E-state index in [9.17, 15) is 0 Å². The molecule has 100 valence electrons. The summed E-state index contributed by atoms with van der Waals surface area (Å²) in [5.41, 5.74) is 1.59. The number of nitrogens with zero attached hydrogens (tertiary/aromatic N) is 2. The Morgan fingerprint density at radius 3 is 2.28 bits per heavy atom. The monoisotopic (exact) mass is 250 g/mol. The summed E-state index contributed by atoms with van der Waals surface area (Å²) in [6.07, 6.45) is 2.94. The van der Waals surface area contributed by atoms with Crippen LogP contribution in [0, 0.1) is 6.92 Å². The summed E-state index contributed by atoms with van der Waals surface area (Å²) in [6.45, 7) is 13.4. The fourth-order valence-corrected chi connectivity index (χ4v) is 2.10. The normalized spacial score (nSPS) is 21.6. The van der Waals surface area contributed by atoms with Crippen LogP contribution in [0.5, 0.6) is 0 Å². The van der Waals surface area contributed by atoms with Crippen LogP contribution in [-0.2, 0) is 15.9 Å². The van der Waals surface area contributed by atoms with Gasteiger partial charge in [0, 0.05) is 23.9 Å². The Kier molecular flexibility index (Phi) is 3.32. The van der Waals surface area contributed by atoms with Gasteiger partial charge in [0.1, 0.15) is 0 Å². The lowest BCUT2D eigenvalue weighted by Crippen LogP contribution is -2.41. The van der Waals surface area contributed by atoms with Gasteiger partial charge in [0.25, 0.3) is 0 Å². The summed E-state index contributed by atoms with van der Waals surface area (Å²) in [7, 11) is -0.305. The first-order valence-electron chi connectivity index (χ1n) is 6.66. The highest BCUT2D eigenvalue weighted by Gasteiger charge is 2.52. The first-order valence-corrected chi connectivity index (χ1v) is 6.66. The Bertz CT molecular complexity index is 424. The summed E-state index contributed by atoms with van der Waals surface area (Å²) in [6, 6.07) is 0. The summed E-state index contributed by atoms with van der Waals surface area (Å²) in [4.78, 5) is 0. The number of hydrogen-bond donors (Lipinski definition) is 0. The molecule has 0 unspecified atom stereocenters. The molecule has 5 heteroatoms. The second-order valence-electron chi connectivity index (χ2n) is 6.00. The second kappa shape index (κ2) is 4.39. The van der Waals surface area contributed by atoms with Crippen LogP contribution in [0.1, 0.15) is 46.7 Å². The molecule has 1 aliphatic heterocycles.